The van der Waals surface area contributed by atoms with Crippen LogP contribution in [0.5, 0.6) is 17.5 Å². The molecule has 0 aliphatic carbocycles. The van der Waals surface area contributed by atoms with Crippen LogP contribution in [0.2, 0.25) is 0 Å². The van der Waals surface area contributed by atoms with E-state index in [0.717, 1.165) is 6.20 Å². The maximum absolute atomic E-state index is 12.8. The fourth-order valence-corrected chi connectivity index (χ4v) is 2.45. The number of hydrogen-bond donors (Lipinski definition) is 0. The molecule has 134 valence electrons. The molecule has 0 saturated carbocycles. The SMILES string of the molecule is COc1ncccc1-c1cccnc1Oc1cnc(C(F)(F)F)c(C)c1. The smallest absolute Gasteiger partial charge is 0.433 e. The molecule has 0 fully saturated rings. The summed E-state index contributed by atoms with van der Waals surface area (Å²) in [5.41, 5.74) is 0.260. The third-order valence-corrected chi connectivity index (χ3v) is 3.56. The van der Waals surface area contributed by atoms with Crippen LogP contribution < -0.4 is 9.47 Å². The number of pyridine rings is 3. The Hall–Kier alpha value is -3.16. The molecular weight excluding hydrogens is 347 g/mol. The Morgan fingerprint density at radius 1 is 0.923 bits per heavy atom. The lowest BCUT2D eigenvalue weighted by Crippen LogP contribution is -2.10. The Labute approximate surface area is 147 Å². The van der Waals surface area contributed by atoms with Crippen LogP contribution in [-0.4, -0.2) is 22.1 Å². The van der Waals surface area contributed by atoms with Gasteiger partial charge in [0.2, 0.25) is 11.8 Å². The van der Waals surface area contributed by atoms with Gasteiger partial charge >= 0.3 is 6.18 Å². The summed E-state index contributed by atoms with van der Waals surface area (Å²) in [6.45, 7) is 1.33. The zero-order valence-corrected chi connectivity index (χ0v) is 13.9. The number of nitrogens with zero attached hydrogens (tertiary/aromatic N) is 3. The van der Waals surface area contributed by atoms with E-state index in [1.165, 1.54) is 26.3 Å². The first-order valence-electron chi connectivity index (χ1n) is 7.56. The molecule has 0 atom stereocenters. The molecule has 0 bridgehead atoms. The minimum Gasteiger partial charge on any atom is -0.481 e. The molecule has 0 radical (unpaired) electrons. The Morgan fingerprint density at radius 2 is 1.54 bits per heavy atom. The van der Waals surface area contributed by atoms with Crippen LogP contribution >= 0.6 is 0 Å². The van der Waals surface area contributed by atoms with Crippen molar-refractivity contribution in [1.82, 2.24) is 15.0 Å². The van der Waals surface area contributed by atoms with E-state index in [1.54, 1.807) is 30.5 Å². The summed E-state index contributed by atoms with van der Waals surface area (Å²) in [5.74, 6) is 0.741. The number of halogens is 3. The Balaban J connectivity index is 1.99. The molecule has 0 amide bonds. The fraction of sp³-hybridized carbons (Fsp3) is 0.167. The molecule has 0 aromatic carbocycles. The normalized spacial score (nSPS) is 11.3. The molecule has 0 saturated heterocycles. The molecule has 26 heavy (non-hydrogen) atoms. The van der Waals surface area contributed by atoms with Gasteiger partial charge in [-0.25, -0.2) is 15.0 Å². The highest BCUT2D eigenvalue weighted by molar-refractivity contribution is 5.73. The van der Waals surface area contributed by atoms with E-state index in [2.05, 4.69) is 15.0 Å². The summed E-state index contributed by atoms with van der Waals surface area (Å²) >= 11 is 0. The Morgan fingerprint density at radius 3 is 2.12 bits per heavy atom. The first-order valence-corrected chi connectivity index (χ1v) is 7.56. The first-order chi connectivity index (χ1) is 12.4. The van der Waals surface area contributed by atoms with Gasteiger partial charge in [0, 0.05) is 23.5 Å². The summed E-state index contributed by atoms with van der Waals surface area (Å²) in [4.78, 5) is 11.8. The molecule has 8 heteroatoms. The van der Waals surface area contributed by atoms with Crippen molar-refractivity contribution in [1.29, 1.82) is 0 Å². The van der Waals surface area contributed by atoms with E-state index < -0.39 is 11.9 Å². The minimum atomic E-state index is -4.51. The lowest BCUT2D eigenvalue weighted by atomic mass is 10.1. The molecule has 5 nitrogen and oxygen atoms in total. The number of aryl methyl sites for hydroxylation is 1. The summed E-state index contributed by atoms with van der Waals surface area (Å²) in [7, 11) is 1.49. The number of hydrogen-bond acceptors (Lipinski definition) is 5. The van der Waals surface area contributed by atoms with Crippen molar-refractivity contribution in [2.45, 2.75) is 13.1 Å². The number of rotatable bonds is 4. The molecule has 3 aromatic heterocycles. The topological polar surface area (TPSA) is 57.1 Å². The second-order valence-corrected chi connectivity index (χ2v) is 5.35. The fourth-order valence-electron chi connectivity index (χ4n) is 2.45. The van der Waals surface area contributed by atoms with Gasteiger partial charge in [-0.05, 0) is 42.8 Å². The number of methoxy groups -OCH3 is 1. The molecule has 0 aliphatic rings. The van der Waals surface area contributed by atoms with Crippen molar-refractivity contribution in [2.75, 3.05) is 7.11 Å². The van der Waals surface area contributed by atoms with Crippen molar-refractivity contribution < 1.29 is 22.6 Å². The van der Waals surface area contributed by atoms with Crippen LogP contribution in [-0.2, 0) is 6.18 Å². The van der Waals surface area contributed by atoms with Crippen molar-refractivity contribution in [3.63, 3.8) is 0 Å². The molecule has 0 spiro atoms. The number of aromatic nitrogens is 3. The zero-order chi connectivity index (χ0) is 18.7. The van der Waals surface area contributed by atoms with Gasteiger partial charge in [0.25, 0.3) is 0 Å². The Kier molecular flexibility index (Phi) is 4.75. The largest absolute Gasteiger partial charge is 0.481 e. The van der Waals surface area contributed by atoms with Crippen LogP contribution in [0.3, 0.4) is 0 Å². The average molecular weight is 361 g/mol. The van der Waals surface area contributed by atoms with Gasteiger partial charge in [0.1, 0.15) is 11.4 Å². The molecule has 0 N–H and O–H groups in total. The van der Waals surface area contributed by atoms with E-state index in [9.17, 15) is 13.2 Å². The molecule has 3 rings (SSSR count). The minimum absolute atomic E-state index is 0.0357. The number of alkyl halides is 3. The van der Waals surface area contributed by atoms with E-state index in [-0.39, 0.29) is 17.2 Å². The van der Waals surface area contributed by atoms with Gasteiger partial charge in [-0.1, -0.05) is 0 Å². The van der Waals surface area contributed by atoms with Crippen molar-refractivity contribution in [2.24, 2.45) is 0 Å². The number of ether oxygens (including phenoxy) is 2. The first kappa shape index (κ1) is 17.7. The molecule has 3 aromatic rings. The lowest BCUT2D eigenvalue weighted by Gasteiger charge is -2.13. The van der Waals surface area contributed by atoms with Gasteiger partial charge in [-0.15, -0.1) is 0 Å². The second-order valence-electron chi connectivity index (χ2n) is 5.35. The summed E-state index contributed by atoms with van der Waals surface area (Å²) in [6.07, 6.45) is -0.384. The van der Waals surface area contributed by atoms with Crippen LogP contribution in [0, 0.1) is 6.92 Å². The second kappa shape index (κ2) is 6.99. The predicted octanol–water partition coefficient (Wildman–Crippen LogP) is 4.67. The molecular formula is C18H14F3N3O2. The highest BCUT2D eigenvalue weighted by Gasteiger charge is 2.34. The van der Waals surface area contributed by atoms with Gasteiger partial charge in [0.05, 0.1) is 13.3 Å². The predicted molar refractivity (Wildman–Crippen MR) is 88.1 cm³/mol. The van der Waals surface area contributed by atoms with Crippen molar-refractivity contribution in [3.8, 4) is 28.6 Å². The van der Waals surface area contributed by atoms with Gasteiger partial charge in [-0.3, -0.25) is 0 Å². The van der Waals surface area contributed by atoms with Crippen LogP contribution in [0.15, 0.2) is 48.9 Å². The lowest BCUT2D eigenvalue weighted by molar-refractivity contribution is -0.141. The maximum atomic E-state index is 12.8. The van der Waals surface area contributed by atoms with Crippen molar-refractivity contribution >= 4 is 0 Å². The van der Waals surface area contributed by atoms with E-state index in [1.807, 2.05) is 0 Å². The molecule has 0 unspecified atom stereocenters. The quantitative estimate of drug-likeness (QED) is 0.676. The maximum Gasteiger partial charge on any atom is 0.433 e. The monoisotopic (exact) mass is 361 g/mol. The van der Waals surface area contributed by atoms with Gasteiger partial charge in [-0.2, -0.15) is 13.2 Å². The van der Waals surface area contributed by atoms with Crippen LogP contribution in [0.1, 0.15) is 11.3 Å². The van der Waals surface area contributed by atoms with Crippen LogP contribution in [0.25, 0.3) is 11.1 Å². The summed E-state index contributed by atoms with van der Waals surface area (Å²) in [5, 5.41) is 0. The third-order valence-electron chi connectivity index (χ3n) is 3.56. The summed E-state index contributed by atoms with van der Waals surface area (Å²) < 4.78 is 49.5. The molecule has 0 aliphatic heterocycles. The van der Waals surface area contributed by atoms with Gasteiger partial charge < -0.3 is 9.47 Å². The summed E-state index contributed by atoms with van der Waals surface area (Å²) in [6, 6.07) is 8.26. The standard InChI is InChI=1S/C18H14F3N3O2/c1-11-9-12(10-24-15(11)18(19,20)21)26-17-14(6-4-8-23-17)13-5-3-7-22-16(13)25-2/h3-10H,1-2H3. The van der Waals surface area contributed by atoms with E-state index in [4.69, 9.17) is 9.47 Å². The zero-order valence-electron chi connectivity index (χ0n) is 13.9. The highest BCUT2D eigenvalue weighted by atomic mass is 19.4. The van der Waals surface area contributed by atoms with E-state index >= 15 is 0 Å². The Bertz CT molecular complexity index is 930. The van der Waals surface area contributed by atoms with Crippen molar-refractivity contribution in [3.05, 3.63) is 60.2 Å². The van der Waals surface area contributed by atoms with E-state index in [0.29, 0.717) is 17.0 Å². The molecule has 3 heterocycles. The van der Waals surface area contributed by atoms with Crippen LogP contribution in [0.4, 0.5) is 13.2 Å². The van der Waals surface area contributed by atoms with Gasteiger partial charge in [0.15, 0.2) is 0 Å². The third kappa shape index (κ3) is 3.58. The average Bonchev–Trinajstić information content (AvgIpc) is 2.61. The highest BCUT2D eigenvalue weighted by Crippen LogP contribution is 2.36.